The normalized spacial score (nSPS) is 12.1. The molecule has 5 nitrogen and oxygen atoms in total. The van der Waals surface area contributed by atoms with E-state index in [0.717, 1.165) is 30.4 Å². The number of hydrogen-bond acceptors (Lipinski definition) is 5. The summed E-state index contributed by atoms with van der Waals surface area (Å²) in [4.78, 5) is 35.9. The van der Waals surface area contributed by atoms with Crippen molar-refractivity contribution in [1.29, 1.82) is 0 Å². The number of nitrogens with zero attached hydrogens (tertiary/aromatic N) is 1. The molecule has 1 unspecified atom stereocenters. The van der Waals surface area contributed by atoms with Crippen LogP contribution in [0.5, 0.6) is 0 Å². The minimum Gasteiger partial charge on any atom is -0.449 e. The molecule has 0 heterocycles. The van der Waals surface area contributed by atoms with Crippen LogP contribution in [0.1, 0.15) is 97.3 Å². The maximum atomic E-state index is 12.0. The number of aldehydes is 1. The van der Waals surface area contributed by atoms with Crippen molar-refractivity contribution in [3.8, 4) is 0 Å². The fraction of sp³-hybridized carbons (Fsp3) is 0.792. The van der Waals surface area contributed by atoms with Crippen LogP contribution < -0.4 is 0 Å². The molecule has 0 rings (SSSR count). The molecule has 0 aliphatic carbocycles. The molecule has 0 fully saturated rings. The zero-order valence-electron chi connectivity index (χ0n) is 19.4. The van der Waals surface area contributed by atoms with Crippen LogP contribution in [-0.2, 0) is 14.3 Å². The summed E-state index contributed by atoms with van der Waals surface area (Å²) >= 11 is 1.43. The van der Waals surface area contributed by atoms with Crippen molar-refractivity contribution in [2.75, 3.05) is 19.4 Å². The minimum absolute atomic E-state index is 0.207. The van der Waals surface area contributed by atoms with Crippen molar-refractivity contribution in [3.05, 3.63) is 12.2 Å². The molecule has 2 amide bonds. The fourth-order valence-corrected chi connectivity index (χ4v) is 3.82. The number of imide groups is 1. The van der Waals surface area contributed by atoms with Gasteiger partial charge in [0.2, 0.25) is 5.91 Å². The molecule has 0 aromatic rings. The molecule has 6 heteroatoms. The van der Waals surface area contributed by atoms with Gasteiger partial charge < -0.3 is 9.53 Å². The van der Waals surface area contributed by atoms with Crippen LogP contribution in [0, 0.1) is 0 Å². The van der Waals surface area contributed by atoms with E-state index in [4.69, 9.17) is 4.74 Å². The monoisotopic (exact) mass is 441 g/mol. The summed E-state index contributed by atoms with van der Waals surface area (Å²) < 4.78 is 4.94. The van der Waals surface area contributed by atoms with Gasteiger partial charge in [-0.15, -0.1) is 11.8 Å². The van der Waals surface area contributed by atoms with Gasteiger partial charge in [0.25, 0.3) is 0 Å². The Morgan fingerprint density at radius 2 is 1.53 bits per heavy atom. The molecule has 1 atom stereocenters. The first-order valence-corrected chi connectivity index (χ1v) is 12.8. The Labute approximate surface area is 188 Å². The number of carbonyl (C=O) groups excluding carboxylic acids is 3. The molecular weight excluding hydrogens is 398 g/mol. The smallest absolute Gasteiger partial charge is 0.416 e. The summed E-state index contributed by atoms with van der Waals surface area (Å²) in [6, 6.07) is 0. The number of hydrogen-bond donors (Lipinski definition) is 0. The highest BCUT2D eigenvalue weighted by Crippen LogP contribution is 2.15. The molecule has 30 heavy (non-hydrogen) atoms. The van der Waals surface area contributed by atoms with Gasteiger partial charge in [0.05, 0.1) is 11.9 Å². The standard InChI is InChI=1S/C24H43NO4S/c1-4-6-7-8-9-10-11-12-13-14-15-16-17-22(21-26)30-20-18-23(27)25(3)24(28)29-19-5-2/h16-17,21-22H,4-15,18-20H2,1-3H3/b17-16-. The predicted molar refractivity (Wildman–Crippen MR) is 127 cm³/mol. The summed E-state index contributed by atoms with van der Waals surface area (Å²) in [5, 5.41) is -0.238. The van der Waals surface area contributed by atoms with Crippen molar-refractivity contribution >= 4 is 30.0 Å². The van der Waals surface area contributed by atoms with Crippen molar-refractivity contribution < 1.29 is 19.1 Å². The van der Waals surface area contributed by atoms with Crippen LogP contribution in [0.15, 0.2) is 12.2 Å². The zero-order valence-corrected chi connectivity index (χ0v) is 20.2. The van der Waals surface area contributed by atoms with Gasteiger partial charge >= 0.3 is 6.09 Å². The first kappa shape index (κ1) is 28.7. The molecule has 0 saturated heterocycles. The zero-order chi connectivity index (χ0) is 22.5. The van der Waals surface area contributed by atoms with Crippen LogP contribution in [0.2, 0.25) is 0 Å². The summed E-state index contributed by atoms with van der Waals surface area (Å²) in [5.41, 5.74) is 0. The molecule has 174 valence electrons. The van der Waals surface area contributed by atoms with E-state index in [1.807, 2.05) is 13.0 Å². The topological polar surface area (TPSA) is 63.7 Å². The Balaban J connectivity index is 3.77. The third-order valence-corrected chi connectivity index (χ3v) is 5.98. The Morgan fingerprint density at radius 3 is 2.10 bits per heavy atom. The summed E-state index contributed by atoms with van der Waals surface area (Å²) in [6.45, 7) is 4.46. The average molecular weight is 442 g/mol. The number of unbranched alkanes of at least 4 members (excludes halogenated alkanes) is 10. The lowest BCUT2D eigenvalue weighted by molar-refractivity contribution is -0.127. The molecule has 0 aliphatic heterocycles. The number of thioether (sulfide) groups is 1. The molecule has 0 aromatic heterocycles. The third-order valence-electron chi connectivity index (χ3n) is 4.89. The van der Waals surface area contributed by atoms with Crippen LogP contribution in [0.25, 0.3) is 0 Å². The van der Waals surface area contributed by atoms with Gasteiger partial charge in [-0.05, 0) is 19.3 Å². The minimum atomic E-state index is -0.616. The number of amides is 2. The van der Waals surface area contributed by atoms with Crippen LogP contribution >= 0.6 is 11.8 Å². The Bertz CT molecular complexity index is 482. The van der Waals surface area contributed by atoms with Crippen molar-refractivity contribution in [1.82, 2.24) is 4.90 Å². The van der Waals surface area contributed by atoms with Gasteiger partial charge in [-0.1, -0.05) is 83.8 Å². The molecule has 0 aliphatic rings. The van der Waals surface area contributed by atoms with Crippen LogP contribution in [0.4, 0.5) is 4.79 Å². The quantitative estimate of drug-likeness (QED) is 0.129. The van der Waals surface area contributed by atoms with Gasteiger partial charge in [-0.2, -0.15) is 0 Å². The number of allylic oxidation sites excluding steroid dienone is 1. The lowest BCUT2D eigenvalue weighted by atomic mass is 10.1. The summed E-state index contributed by atoms with van der Waals surface area (Å²) in [6.07, 6.45) is 19.4. The SMILES string of the molecule is CCCCCCCCCCCC/C=C\C(C=O)SCCC(=O)N(C)C(=O)OCCC. The summed E-state index contributed by atoms with van der Waals surface area (Å²) in [5.74, 6) is 0.207. The molecular formula is C24H43NO4S. The molecule has 0 radical (unpaired) electrons. The number of ether oxygens (including phenoxy) is 1. The molecule has 0 aromatic carbocycles. The Kier molecular flexibility index (Phi) is 20.0. The molecule has 0 saturated carbocycles. The highest BCUT2D eigenvalue weighted by atomic mass is 32.2. The average Bonchev–Trinajstić information content (AvgIpc) is 2.76. The van der Waals surface area contributed by atoms with E-state index in [0.29, 0.717) is 12.4 Å². The van der Waals surface area contributed by atoms with Gasteiger partial charge in [0.1, 0.15) is 6.29 Å². The van der Waals surface area contributed by atoms with E-state index < -0.39 is 6.09 Å². The van der Waals surface area contributed by atoms with Gasteiger partial charge in [-0.3, -0.25) is 9.69 Å². The summed E-state index contributed by atoms with van der Waals surface area (Å²) in [7, 11) is 1.43. The second kappa shape index (κ2) is 21.0. The lowest BCUT2D eigenvalue weighted by Gasteiger charge is -2.15. The Morgan fingerprint density at radius 1 is 0.933 bits per heavy atom. The third kappa shape index (κ3) is 16.5. The molecule has 0 N–H and O–H groups in total. The van der Waals surface area contributed by atoms with E-state index in [-0.39, 0.29) is 17.6 Å². The van der Waals surface area contributed by atoms with Crippen molar-refractivity contribution in [2.24, 2.45) is 0 Å². The van der Waals surface area contributed by atoms with Crippen LogP contribution in [-0.4, -0.2) is 47.8 Å². The van der Waals surface area contributed by atoms with E-state index in [2.05, 4.69) is 13.0 Å². The van der Waals surface area contributed by atoms with Gasteiger partial charge in [0.15, 0.2) is 0 Å². The maximum Gasteiger partial charge on any atom is 0.416 e. The predicted octanol–water partition coefficient (Wildman–Crippen LogP) is 6.55. The fourth-order valence-electron chi connectivity index (χ4n) is 2.96. The highest BCUT2D eigenvalue weighted by molar-refractivity contribution is 8.00. The molecule has 0 bridgehead atoms. The second-order valence-electron chi connectivity index (χ2n) is 7.69. The van der Waals surface area contributed by atoms with E-state index in [1.54, 1.807) is 0 Å². The maximum absolute atomic E-state index is 12.0. The van der Waals surface area contributed by atoms with Crippen LogP contribution in [0.3, 0.4) is 0 Å². The Hall–Kier alpha value is -1.30. The molecule has 0 spiro atoms. The van der Waals surface area contributed by atoms with Gasteiger partial charge in [-0.25, -0.2) is 4.79 Å². The van der Waals surface area contributed by atoms with E-state index >= 15 is 0 Å². The van der Waals surface area contributed by atoms with Crippen molar-refractivity contribution in [3.63, 3.8) is 0 Å². The van der Waals surface area contributed by atoms with E-state index in [9.17, 15) is 14.4 Å². The first-order valence-electron chi connectivity index (χ1n) is 11.7. The first-order chi connectivity index (χ1) is 14.6. The second-order valence-corrected chi connectivity index (χ2v) is 8.97. The van der Waals surface area contributed by atoms with Crippen molar-refractivity contribution in [2.45, 2.75) is 103 Å². The number of rotatable bonds is 19. The van der Waals surface area contributed by atoms with E-state index in [1.165, 1.54) is 76.6 Å². The highest BCUT2D eigenvalue weighted by Gasteiger charge is 2.18. The van der Waals surface area contributed by atoms with Gasteiger partial charge in [0, 0.05) is 19.2 Å². The largest absolute Gasteiger partial charge is 0.449 e. The number of carbonyl (C=O) groups is 3. The lowest BCUT2D eigenvalue weighted by Crippen LogP contribution is -2.34.